The number of carbonyl (C=O) groups is 1. The third-order valence-corrected chi connectivity index (χ3v) is 4.38. The standard InChI is InChI=1S/C17H27N3O3/c1-14(20-9-7-19(8-10-20)11-12-21)17(22)18-13-15-3-5-16(23-2)6-4-15/h3-6,14,21H,7-13H2,1-2H3,(H,18,22)/t14-/m1/s1. The van der Waals surface area contributed by atoms with E-state index >= 15 is 0 Å². The summed E-state index contributed by atoms with van der Waals surface area (Å²) < 4.78 is 5.12. The van der Waals surface area contributed by atoms with Gasteiger partial charge in [-0.05, 0) is 24.6 Å². The molecule has 1 fully saturated rings. The van der Waals surface area contributed by atoms with Gasteiger partial charge in [0.2, 0.25) is 5.91 Å². The van der Waals surface area contributed by atoms with Gasteiger partial charge in [-0.1, -0.05) is 12.1 Å². The first-order chi connectivity index (χ1) is 11.1. The van der Waals surface area contributed by atoms with Crippen molar-refractivity contribution in [1.82, 2.24) is 15.1 Å². The molecular formula is C17H27N3O3. The van der Waals surface area contributed by atoms with Gasteiger partial charge in [-0.3, -0.25) is 14.6 Å². The summed E-state index contributed by atoms with van der Waals surface area (Å²) in [6.45, 7) is 6.90. The predicted molar refractivity (Wildman–Crippen MR) is 89.4 cm³/mol. The summed E-state index contributed by atoms with van der Waals surface area (Å²) in [4.78, 5) is 16.7. The van der Waals surface area contributed by atoms with Crippen LogP contribution in [-0.4, -0.2) is 73.3 Å². The molecule has 0 aliphatic carbocycles. The fourth-order valence-corrected chi connectivity index (χ4v) is 2.76. The van der Waals surface area contributed by atoms with Gasteiger partial charge in [-0.25, -0.2) is 0 Å². The smallest absolute Gasteiger partial charge is 0.237 e. The highest BCUT2D eigenvalue weighted by Gasteiger charge is 2.25. The van der Waals surface area contributed by atoms with E-state index in [9.17, 15) is 4.79 Å². The predicted octanol–water partition coefficient (Wildman–Crippen LogP) is 0.310. The minimum Gasteiger partial charge on any atom is -0.497 e. The Bertz CT molecular complexity index is 484. The van der Waals surface area contributed by atoms with Gasteiger partial charge >= 0.3 is 0 Å². The second-order valence-corrected chi connectivity index (χ2v) is 5.84. The molecule has 0 radical (unpaired) electrons. The van der Waals surface area contributed by atoms with Gasteiger partial charge in [0.25, 0.3) is 0 Å². The van der Waals surface area contributed by atoms with Crippen molar-refractivity contribution in [3.05, 3.63) is 29.8 Å². The number of methoxy groups -OCH3 is 1. The average Bonchev–Trinajstić information content (AvgIpc) is 2.60. The van der Waals surface area contributed by atoms with Crippen molar-refractivity contribution in [1.29, 1.82) is 0 Å². The number of hydrogen-bond acceptors (Lipinski definition) is 5. The van der Waals surface area contributed by atoms with E-state index < -0.39 is 0 Å². The van der Waals surface area contributed by atoms with E-state index in [0.717, 1.165) is 37.5 Å². The van der Waals surface area contributed by atoms with Crippen molar-refractivity contribution >= 4 is 5.91 Å². The van der Waals surface area contributed by atoms with Crippen LogP contribution in [0.15, 0.2) is 24.3 Å². The molecule has 6 heteroatoms. The number of aliphatic hydroxyl groups is 1. The van der Waals surface area contributed by atoms with Crippen molar-refractivity contribution in [2.45, 2.75) is 19.5 Å². The number of ether oxygens (including phenoxy) is 1. The molecule has 1 aliphatic rings. The molecule has 1 saturated heterocycles. The normalized spacial score (nSPS) is 17.7. The zero-order chi connectivity index (χ0) is 16.7. The van der Waals surface area contributed by atoms with Crippen LogP contribution in [0.5, 0.6) is 5.75 Å². The average molecular weight is 321 g/mol. The summed E-state index contributed by atoms with van der Waals surface area (Å²) in [6.07, 6.45) is 0. The molecule has 1 aliphatic heterocycles. The minimum absolute atomic E-state index is 0.0522. The van der Waals surface area contributed by atoms with Crippen molar-refractivity contribution < 1.29 is 14.6 Å². The van der Waals surface area contributed by atoms with Crippen LogP contribution in [0.25, 0.3) is 0 Å². The van der Waals surface area contributed by atoms with Gasteiger partial charge < -0.3 is 15.2 Å². The molecule has 1 aromatic rings. The molecule has 1 heterocycles. The first-order valence-electron chi connectivity index (χ1n) is 8.12. The Hall–Kier alpha value is -1.63. The van der Waals surface area contributed by atoms with Crippen LogP contribution < -0.4 is 10.1 Å². The monoisotopic (exact) mass is 321 g/mol. The molecule has 0 saturated carbocycles. The molecule has 0 bridgehead atoms. The Morgan fingerprint density at radius 2 is 1.91 bits per heavy atom. The van der Waals surface area contributed by atoms with Crippen LogP contribution in [0.4, 0.5) is 0 Å². The molecule has 1 atom stereocenters. The molecule has 1 amide bonds. The molecule has 2 N–H and O–H groups in total. The fraction of sp³-hybridized carbons (Fsp3) is 0.588. The first kappa shape index (κ1) is 17.7. The Morgan fingerprint density at radius 3 is 2.48 bits per heavy atom. The summed E-state index contributed by atoms with van der Waals surface area (Å²) in [6, 6.07) is 7.57. The Balaban J connectivity index is 1.76. The van der Waals surface area contributed by atoms with E-state index in [-0.39, 0.29) is 18.6 Å². The largest absolute Gasteiger partial charge is 0.497 e. The lowest BCUT2D eigenvalue weighted by molar-refractivity contribution is -0.126. The van der Waals surface area contributed by atoms with E-state index in [1.54, 1.807) is 7.11 Å². The molecule has 0 aromatic heterocycles. The molecule has 1 aromatic carbocycles. The number of amides is 1. The number of piperazine rings is 1. The number of β-amino-alcohol motifs (C(OH)–C–C–N with tert-alkyl or cyclic N) is 1. The maximum absolute atomic E-state index is 12.3. The zero-order valence-electron chi connectivity index (χ0n) is 14.0. The number of nitrogens with one attached hydrogen (secondary N) is 1. The maximum atomic E-state index is 12.3. The fourth-order valence-electron chi connectivity index (χ4n) is 2.76. The van der Waals surface area contributed by atoms with E-state index in [1.165, 1.54) is 0 Å². The van der Waals surface area contributed by atoms with Crippen molar-refractivity contribution in [3.63, 3.8) is 0 Å². The molecular weight excluding hydrogens is 294 g/mol. The number of rotatable bonds is 7. The van der Waals surface area contributed by atoms with Gasteiger partial charge in [0, 0.05) is 39.3 Å². The first-order valence-corrected chi connectivity index (χ1v) is 8.12. The Morgan fingerprint density at radius 1 is 1.26 bits per heavy atom. The molecule has 0 unspecified atom stereocenters. The highest BCUT2D eigenvalue weighted by Crippen LogP contribution is 2.11. The summed E-state index contributed by atoms with van der Waals surface area (Å²) >= 11 is 0. The Kier molecular flexibility index (Phi) is 6.83. The van der Waals surface area contributed by atoms with Crippen LogP contribution in [-0.2, 0) is 11.3 Å². The number of benzene rings is 1. The van der Waals surface area contributed by atoms with Crippen LogP contribution in [0.3, 0.4) is 0 Å². The number of hydrogen-bond donors (Lipinski definition) is 2. The SMILES string of the molecule is COc1ccc(CNC(=O)[C@@H](C)N2CCN(CCO)CC2)cc1. The quantitative estimate of drug-likeness (QED) is 0.757. The van der Waals surface area contributed by atoms with Crippen molar-refractivity contribution in [2.24, 2.45) is 0 Å². The number of aliphatic hydroxyl groups excluding tert-OH is 1. The molecule has 0 spiro atoms. The van der Waals surface area contributed by atoms with E-state index in [4.69, 9.17) is 9.84 Å². The minimum atomic E-state index is -0.135. The van der Waals surface area contributed by atoms with Crippen molar-refractivity contribution in [2.75, 3.05) is 46.4 Å². The third kappa shape index (κ3) is 5.20. The highest BCUT2D eigenvalue weighted by atomic mass is 16.5. The van der Waals surface area contributed by atoms with E-state index in [1.807, 2.05) is 31.2 Å². The van der Waals surface area contributed by atoms with Crippen LogP contribution >= 0.6 is 0 Å². The van der Waals surface area contributed by atoms with Gasteiger partial charge in [0.15, 0.2) is 0 Å². The molecule has 6 nitrogen and oxygen atoms in total. The second-order valence-electron chi connectivity index (χ2n) is 5.84. The second kappa shape index (κ2) is 8.86. The maximum Gasteiger partial charge on any atom is 0.237 e. The van der Waals surface area contributed by atoms with E-state index in [0.29, 0.717) is 13.1 Å². The van der Waals surface area contributed by atoms with Gasteiger partial charge in [-0.2, -0.15) is 0 Å². The summed E-state index contributed by atoms with van der Waals surface area (Å²) in [5.41, 5.74) is 1.05. The molecule has 2 rings (SSSR count). The van der Waals surface area contributed by atoms with Gasteiger partial charge in [0.1, 0.15) is 5.75 Å². The molecule has 23 heavy (non-hydrogen) atoms. The number of carbonyl (C=O) groups excluding carboxylic acids is 1. The highest BCUT2D eigenvalue weighted by molar-refractivity contribution is 5.81. The topological polar surface area (TPSA) is 65.0 Å². The lowest BCUT2D eigenvalue weighted by atomic mass is 10.2. The van der Waals surface area contributed by atoms with Gasteiger partial charge in [-0.15, -0.1) is 0 Å². The van der Waals surface area contributed by atoms with E-state index in [2.05, 4.69) is 15.1 Å². The van der Waals surface area contributed by atoms with Crippen LogP contribution in [0.2, 0.25) is 0 Å². The third-order valence-electron chi connectivity index (χ3n) is 4.38. The summed E-state index contributed by atoms with van der Waals surface area (Å²) in [5, 5.41) is 12.0. The van der Waals surface area contributed by atoms with Gasteiger partial charge in [0.05, 0.1) is 19.8 Å². The summed E-state index contributed by atoms with van der Waals surface area (Å²) in [5.74, 6) is 0.866. The summed E-state index contributed by atoms with van der Waals surface area (Å²) in [7, 11) is 1.64. The van der Waals surface area contributed by atoms with Crippen LogP contribution in [0, 0.1) is 0 Å². The zero-order valence-corrected chi connectivity index (χ0v) is 14.0. The lowest BCUT2D eigenvalue weighted by Gasteiger charge is -2.37. The lowest BCUT2D eigenvalue weighted by Crippen LogP contribution is -2.54. The number of nitrogens with zero attached hydrogens (tertiary/aromatic N) is 2. The Labute approximate surface area is 138 Å². The molecule has 128 valence electrons. The van der Waals surface area contributed by atoms with Crippen molar-refractivity contribution in [3.8, 4) is 5.75 Å². The van der Waals surface area contributed by atoms with Crippen LogP contribution in [0.1, 0.15) is 12.5 Å².